The average Bonchev–Trinajstić information content (AvgIpc) is 2.54. The van der Waals surface area contributed by atoms with Crippen LogP contribution in [-0.4, -0.2) is 54.8 Å². The molecule has 6 nitrogen and oxygen atoms in total. The number of carbonyl (C=O) groups is 2. The quantitative estimate of drug-likeness (QED) is 0.892. The second-order valence-corrected chi connectivity index (χ2v) is 5.38. The standard InChI is InChI=1S/C16H21NO5/c1-11(12-5-3-4-6-13(12)21-2)9-15(18)17-7-8-22-14(10-17)16(19)20/h3-6,11,14H,7-10H2,1-2H3,(H,19,20)/t11-,14+/m1/s1. The van der Waals surface area contributed by atoms with Gasteiger partial charge in [0.15, 0.2) is 6.10 Å². The molecule has 1 aromatic carbocycles. The number of aliphatic carboxylic acids is 1. The molecule has 120 valence electrons. The van der Waals surface area contributed by atoms with Gasteiger partial charge in [-0.15, -0.1) is 0 Å². The maximum Gasteiger partial charge on any atom is 0.334 e. The first-order valence-corrected chi connectivity index (χ1v) is 7.28. The zero-order chi connectivity index (χ0) is 16.1. The van der Waals surface area contributed by atoms with Crippen molar-refractivity contribution in [1.82, 2.24) is 4.90 Å². The van der Waals surface area contributed by atoms with Crippen LogP contribution in [0.5, 0.6) is 5.75 Å². The fourth-order valence-electron chi connectivity index (χ4n) is 2.60. The van der Waals surface area contributed by atoms with Gasteiger partial charge in [-0.05, 0) is 17.5 Å². The van der Waals surface area contributed by atoms with Gasteiger partial charge in [-0.2, -0.15) is 0 Å². The Labute approximate surface area is 129 Å². The van der Waals surface area contributed by atoms with Gasteiger partial charge in [0.1, 0.15) is 5.75 Å². The normalized spacial score (nSPS) is 19.5. The van der Waals surface area contributed by atoms with Gasteiger partial charge in [0.2, 0.25) is 5.91 Å². The van der Waals surface area contributed by atoms with Crippen LogP contribution in [0.2, 0.25) is 0 Å². The molecule has 1 fully saturated rings. The van der Waals surface area contributed by atoms with Crippen molar-refractivity contribution < 1.29 is 24.2 Å². The Hall–Kier alpha value is -2.08. The third kappa shape index (κ3) is 3.76. The van der Waals surface area contributed by atoms with Crippen molar-refractivity contribution in [3.05, 3.63) is 29.8 Å². The van der Waals surface area contributed by atoms with Crippen LogP contribution in [0, 0.1) is 0 Å². The topological polar surface area (TPSA) is 76.1 Å². The molecular weight excluding hydrogens is 286 g/mol. The summed E-state index contributed by atoms with van der Waals surface area (Å²) in [6, 6.07) is 7.60. The lowest BCUT2D eigenvalue weighted by molar-refractivity contribution is -0.159. The molecule has 1 saturated heterocycles. The molecule has 0 spiro atoms. The average molecular weight is 307 g/mol. The van der Waals surface area contributed by atoms with E-state index in [1.165, 1.54) is 0 Å². The smallest absolute Gasteiger partial charge is 0.334 e. The van der Waals surface area contributed by atoms with Gasteiger partial charge in [-0.1, -0.05) is 25.1 Å². The van der Waals surface area contributed by atoms with E-state index in [-0.39, 0.29) is 25.0 Å². The number of hydrogen-bond acceptors (Lipinski definition) is 4. The molecule has 0 aliphatic carbocycles. The highest BCUT2D eigenvalue weighted by Crippen LogP contribution is 2.29. The molecule has 1 amide bonds. The zero-order valence-corrected chi connectivity index (χ0v) is 12.8. The lowest BCUT2D eigenvalue weighted by Crippen LogP contribution is -2.48. The number of amides is 1. The van der Waals surface area contributed by atoms with E-state index >= 15 is 0 Å². The largest absolute Gasteiger partial charge is 0.496 e. The van der Waals surface area contributed by atoms with Crippen molar-refractivity contribution in [2.45, 2.75) is 25.4 Å². The molecule has 1 aliphatic rings. The maximum absolute atomic E-state index is 12.4. The van der Waals surface area contributed by atoms with Crippen LogP contribution in [-0.2, 0) is 14.3 Å². The van der Waals surface area contributed by atoms with Crippen molar-refractivity contribution in [2.75, 3.05) is 26.8 Å². The summed E-state index contributed by atoms with van der Waals surface area (Å²) in [6.07, 6.45) is -0.619. The third-order valence-corrected chi connectivity index (χ3v) is 3.85. The Morgan fingerprint density at radius 1 is 1.45 bits per heavy atom. The minimum Gasteiger partial charge on any atom is -0.496 e. The van der Waals surface area contributed by atoms with Gasteiger partial charge >= 0.3 is 5.97 Å². The van der Waals surface area contributed by atoms with Crippen LogP contribution in [0.4, 0.5) is 0 Å². The molecular formula is C16H21NO5. The first-order chi connectivity index (χ1) is 10.5. The lowest BCUT2D eigenvalue weighted by atomic mass is 9.96. The minimum atomic E-state index is -1.03. The third-order valence-electron chi connectivity index (χ3n) is 3.85. The number of carbonyl (C=O) groups excluding carboxylic acids is 1. The molecule has 0 radical (unpaired) electrons. The highest BCUT2D eigenvalue weighted by atomic mass is 16.5. The first-order valence-electron chi connectivity index (χ1n) is 7.28. The Kier molecular flexibility index (Phi) is 5.38. The number of ether oxygens (including phenoxy) is 2. The van der Waals surface area contributed by atoms with Crippen molar-refractivity contribution in [3.63, 3.8) is 0 Å². The van der Waals surface area contributed by atoms with Gasteiger partial charge < -0.3 is 19.5 Å². The summed E-state index contributed by atoms with van der Waals surface area (Å²) >= 11 is 0. The van der Waals surface area contributed by atoms with Crippen molar-refractivity contribution in [3.8, 4) is 5.75 Å². The van der Waals surface area contributed by atoms with E-state index in [0.29, 0.717) is 13.0 Å². The SMILES string of the molecule is COc1ccccc1[C@H](C)CC(=O)N1CCO[C@H](C(=O)O)C1. The van der Waals surface area contributed by atoms with Crippen LogP contribution >= 0.6 is 0 Å². The number of methoxy groups -OCH3 is 1. The molecule has 0 saturated carbocycles. The molecule has 0 aromatic heterocycles. The second-order valence-electron chi connectivity index (χ2n) is 5.38. The maximum atomic E-state index is 12.4. The summed E-state index contributed by atoms with van der Waals surface area (Å²) in [5, 5.41) is 8.99. The summed E-state index contributed by atoms with van der Waals surface area (Å²) in [7, 11) is 1.60. The molecule has 1 aromatic rings. The van der Waals surface area contributed by atoms with Gasteiger partial charge in [-0.3, -0.25) is 4.79 Å². The lowest BCUT2D eigenvalue weighted by Gasteiger charge is -2.31. The number of morpholine rings is 1. The monoisotopic (exact) mass is 307 g/mol. The van der Waals surface area contributed by atoms with E-state index in [9.17, 15) is 9.59 Å². The van der Waals surface area contributed by atoms with E-state index < -0.39 is 12.1 Å². The minimum absolute atomic E-state index is 0.00484. The summed E-state index contributed by atoms with van der Waals surface area (Å²) in [5.74, 6) is -0.341. The van der Waals surface area contributed by atoms with E-state index in [1.807, 2.05) is 31.2 Å². The number of rotatable bonds is 5. The molecule has 1 N–H and O–H groups in total. The summed E-state index contributed by atoms with van der Waals surface area (Å²) < 4.78 is 10.5. The number of hydrogen-bond donors (Lipinski definition) is 1. The summed E-state index contributed by atoms with van der Waals surface area (Å²) in [5.41, 5.74) is 0.974. The van der Waals surface area contributed by atoms with Crippen molar-refractivity contribution >= 4 is 11.9 Å². The first kappa shape index (κ1) is 16.3. The van der Waals surface area contributed by atoms with Crippen molar-refractivity contribution in [2.24, 2.45) is 0 Å². The molecule has 0 bridgehead atoms. The second kappa shape index (κ2) is 7.26. The van der Waals surface area contributed by atoms with Gasteiger partial charge in [0.05, 0.1) is 20.3 Å². The molecule has 1 aliphatic heterocycles. The zero-order valence-electron chi connectivity index (χ0n) is 12.8. The highest BCUT2D eigenvalue weighted by Gasteiger charge is 2.29. The van der Waals surface area contributed by atoms with Crippen molar-refractivity contribution in [1.29, 1.82) is 0 Å². The fourth-order valence-corrected chi connectivity index (χ4v) is 2.60. The van der Waals surface area contributed by atoms with E-state index in [2.05, 4.69) is 0 Å². The molecule has 0 unspecified atom stereocenters. The van der Waals surface area contributed by atoms with Crippen LogP contribution in [0.15, 0.2) is 24.3 Å². The Bertz CT molecular complexity index is 545. The number of carboxylic acid groups (broad SMARTS) is 1. The Morgan fingerprint density at radius 2 is 2.18 bits per heavy atom. The summed E-state index contributed by atoms with van der Waals surface area (Å²) in [6.45, 7) is 2.75. The van der Waals surface area contributed by atoms with Gasteiger partial charge in [0, 0.05) is 13.0 Å². The Morgan fingerprint density at radius 3 is 2.86 bits per heavy atom. The number of carboxylic acids is 1. The fraction of sp³-hybridized carbons (Fsp3) is 0.500. The molecule has 1 heterocycles. The van der Waals surface area contributed by atoms with E-state index in [4.69, 9.17) is 14.6 Å². The van der Waals surface area contributed by atoms with Crippen LogP contribution in [0.1, 0.15) is 24.8 Å². The highest BCUT2D eigenvalue weighted by molar-refractivity contribution is 5.79. The predicted octanol–water partition coefficient (Wildman–Crippen LogP) is 1.50. The van der Waals surface area contributed by atoms with Crippen LogP contribution in [0.25, 0.3) is 0 Å². The van der Waals surface area contributed by atoms with Crippen LogP contribution in [0.3, 0.4) is 0 Å². The molecule has 2 rings (SSSR count). The number of nitrogens with zero attached hydrogens (tertiary/aromatic N) is 1. The predicted molar refractivity (Wildman–Crippen MR) is 80.0 cm³/mol. The molecule has 6 heteroatoms. The Balaban J connectivity index is 2.00. The van der Waals surface area contributed by atoms with E-state index in [1.54, 1.807) is 12.0 Å². The number of para-hydroxylation sites is 1. The summed E-state index contributed by atoms with van der Waals surface area (Å²) in [4.78, 5) is 24.9. The molecule has 2 atom stereocenters. The van der Waals surface area contributed by atoms with Gasteiger partial charge in [-0.25, -0.2) is 4.79 Å². The van der Waals surface area contributed by atoms with E-state index in [0.717, 1.165) is 11.3 Å². The van der Waals surface area contributed by atoms with Crippen LogP contribution < -0.4 is 4.74 Å². The number of benzene rings is 1. The van der Waals surface area contributed by atoms with Gasteiger partial charge in [0.25, 0.3) is 0 Å². The molecule has 22 heavy (non-hydrogen) atoms.